The third kappa shape index (κ3) is 2.11. The number of carbonyl (C=O) groups excluding carboxylic acids is 2. The molecule has 0 aliphatic heterocycles. The molecule has 4 nitrogen and oxygen atoms in total. The first kappa shape index (κ1) is 13.8. The van der Waals surface area contributed by atoms with Crippen LogP contribution in [0, 0.1) is 0 Å². The van der Waals surface area contributed by atoms with Gasteiger partial charge in [-0.1, -0.05) is 60.7 Å². The van der Waals surface area contributed by atoms with Crippen molar-refractivity contribution in [1.82, 2.24) is 0 Å². The van der Waals surface area contributed by atoms with Gasteiger partial charge in [-0.05, 0) is 11.1 Å². The Labute approximate surface area is 127 Å². The van der Waals surface area contributed by atoms with E-state index in [9.17, 15) is 14.7 Å². The summed E-state index contributed by atoms with van der Waals surface area (Å²) in [6.07, 6.45) is 0. The minimum atomic E-state index is -0.753. The second kappa shape index (κ2) is 5.33. The van der Waals surface area contributed by atoms with Gasteiger partial charge >= 0.3 is 0 Å². The lowest BCUT2D eigenvalue weighted by Crippen LogP contribution is -2.27. The Morgan fingerprint density at radius 3 is 1.59 bits per heavy atom. The highest BCUT2D eigenvalue weighted by atomic mass is 16.3. The summed E-state index contributed by atoms with van der Waals surface area (Å²) in [6.45, 7) is 0. The number of aliphatic hydroxyl groups excluding tert-OH is 1. The molecule has 2 aromatic carbocycles. The molecule has 1 aliphatic rings. The van der Waals surface area contributed by atoms with Gasteiger partial charge in [0.2, 0.25) is 11.6 Å². The van der Waals surface area contributed by atoms with E-state index in [2.05, 4.69) is 0 Å². The normalized spacial score (nSPS) is 15.5. The molecule has 3 N–H and O–H groups in total. The monoisotopic (exact) mass is 291 g/mol. The summed E-state index contributed by atoms with van der Waals surface area (Å²) in [6, 6.07) is 17.1. The summed E-state index contributed by atoms with van der Waals surface area (Å²) in [5.41, 5.74) is 6.83. The van der Waals surface area contributed by atoms with E-state index in [0.29, 0.717) is 11.1 Å². The maximum Gasteiger partial charge on any atom is 0.238 e. The Kier molecular flexibility index (Phi) is 3.35. The highest BCUT2D eigenvalue weighted by molar-refractivity contribution is 6.66. The number of rotatable bonds is 2. The van der Waals surface area contributed by atoms with E-state index in [1.807, 2.05) is 0 Å². The number of Topliss-reactive ketones (excluding diaryl/α,β-unsaturated/α-hetero) is 2. The van der Waals surface area contributed by atoms with Crippen LogP contribution < -0.4 is 5.73 Å². The number of hydrogen-bond donors (Lipinski definition) is 2. The molecule has 0 fully saturated rings. The molecule has 3 rings (SSSR count). The average Bonchev–Trinajstić information content (AvgIpc) is 2.55. The van der Waals surface area contributed by atoms with Crippen LogP contribution in [-0.4, -0.2) is 16.7 Å². The molecule has 0 saturated heterocycles. The highest BCUT2D eigenvalue weighted by Gasteiger charge is 2.35. The third-order valence-corrected chi connectivity index (χ3v) is 3.55. The zero-order valence-corrected chi connectivity index (χ0v) is 11.6. The molecule has 2 aromatic rings. The van der Waals surface area contributed by atoms with E-state index in [0.717, 1.165) is 0 Å². The Bertz CT molecular complexity index is 746. The summed E-state index contributed by atoms with van der Waals surface area (Å²) in [5, 5.41) is 10.3. The number of allylic oxidation sites excluding steroid dienone is 2. The van der Waals surface area contributed by atoms with E-state index in [1.54, 1.807) is 60.7 Å². The SMILES string of the molecule is NC1=C(c2ccccc2)C(=O)C(=O)C(c2ccccc2)=C1O. The fraction of sp³-hybridized carbons (Fsp3) is 0. The van der Waals surface area contributed by atoms with Gasteiger partial charge < -0.3 is 10.8 Å². The van der Waals surface area contributed by atoms with Crippen LogP contribution in [0.3, 0.4) is 0 Å². The molecule has 108 valence electrons. The Morgan fingerprint density at radius 1 is 0.682 bits per heavy atom. The summed E-state index contributed by atoms with van der Waals surface area (Å²) in [5.74, 6) is -1.81. The van der Waals surface area contributed by atoms with Gasteiger partial charge in [0.15, 0.2) is 5.76 Å². The smallest absolute Gasteiger partial charge is 0.238 e. The molecule has 1 aliphatic carbocycles. The first-order valence-electron chi connectivity index (χ1n) is 6.74. The summed E-state index contributed by atoms with van der Waals surface area (Å²) in [7, 11) is 0. The molecular weight excluding hydrogens is 278 g/mol. The lowest BCUT2D eigenvalue weighted by atomic mass is 9.85. The van der Waals surface area contributed by atoms with Gasteiger partial charge in [-0.25, -0.2) is 0 Å². The maximum atomic E-state index is 12.4. The molecule has 0 aromatic heterocycles. The topological polar surface area (TPSA) is 80.4 Å². The second-order valence-electron chi connectivity index (χ2n) is 4.90. The summed E-state index contributed by atoms with van der Waals surface area (Å²) in [4.78, 5) is 24.8. The van der Waals surface area contributed by atoms with E-state index in [4.69, 9.17) is 5.73 Å². The van der Waals surface area contributed by atoms with Crippen molar-refractivity contribution in [3.8, 4) is 0 Å². The van der Waals surface area contributed by atoms with E-state index < -0.39 is 11.6 Å². The average molecular weight is 291 g/mol. The van der Waals surface area contributed by atoms with Crippen LogP contribution >= 0.6 is 0 Å². The fourth-order valence-corrected chi connectivity index (χ4v) is 2.47. The van der Waals surface area contributed by atoms with Gasteiger partial charge in [-0.2, -0.15) is 0 Å². The standard InChI is InChI=1S/C18H13NO3/c19-15-13(11-7-3-1-4-8-11)17(21)18(22)14(16(15)20)12-9-5-2-6-10-12/h1-10,20H,19H2. The van der Waals surface area contributed by atoms with Crippen molar-refractivity contribution in [2.45, 2.75) is 0 Å². The molecule has 0 atom stereocenters. The predicted octanol–water partition coefficient (Wildman–Crippen LogP) is 2.48. The molecule has 0 spiro atoms. The van der Waals surface area contributed by atoms with Crippen molar-refractivity contribution in [3.63, 3.8) is 0 Å². The summed E-state index contributed by atoms with van der Waals surface area (Å²) < 4.78 is 0. The highest BCUT2D eigenvalue weighted by Crippen LogP contribution is 2.32. The molecule has 0 unspecified atom stereocenters. The minimum absolute atomic E-state index is 0.0442. The van der Waals surface area contributed by atoms with Crippen LogP contribution in [0.25, 0.3) is 11.1 Å². The van der Waals surface area contributed by atoms with Crippen LogP contribution in [0.4, 0.5) is 0 Å². The minimum Gasteiger partial charge on any atom is -0.505 e. The lowest BCUT2D eigenvalue weighted by Gasteiger charge is -2.19. The second-order valence-corrected chi connectivity index (χ2v) is 4.90. The number of hydrogen-bond acceptors (Lipinski definition) is 4. The summed E-state index contributed by atoms with van der Waals surface area (Å²) >= 11 is 0. The lowest BCUT2D eigenvalue weighted by molar-refractivity contribution is -0.130. The Morgan fingerprint density at radius 2 is 1.09 bits per heavy atom. The predicted molar refractivity (Wildman–Crippen MR) is 83.6 cm³/mol. The molecule has 4 heteroatoms. The van der Waals surface area contributed by atoms with Gasteiger partial charge in [0.1, 0.15) is 0 Å². The van der Waals surface area contributed by atoms with Gasteiger partial charge in [0, 0.05) is 0 Å². The number of ketones is 2. The number of carbonyl (C=O) groups is 2. The molecule has 0 amide bonds. The van der Waals surface area contributed by atoms with Crippen LogP contribution in [0.2, 0.25) is 0 Å². The van der Waals surface area contributed by atoms with Crippen molar-refractivity contribution in [3.05, 3.63) is 83.2 Å². The van der Waals surface area contributed by atoms with Gasteiger partial charge in [0.05, 0.1) is 16.8 Å². The van der Waals surface area contributed by atoms with Crippen molar-refractivity contribution in [1.29, 1.82) is 0 Å². The molecule has 0 saturated carbocycles. The molecule has 0 heterocycles. The van der Waals surface area contributed by atoms with E-state index >= 15 is 0 Å². The molecule has 0 radical (unpaired) electrons. The van der Waals surface area contributed by atoms with Crippen molar-refractivity contribution in [2.24, 2.45) is 5.73 Å². The maximum absolute atomic E-state index is 12.4. The first-order valence-corrected chi connectivity index (χ1v) is 6.74. The van der Waals surface area contributed by atoms with E-state index in [-0.39, 0.29) is 22.6 Å². The van der Waals surface area contributed by atoms with Crippen molar-refractivity contribution < 1.29 is 14.7 Å². The van der Waals surface area contributed by atoms with Gasteiger partial charge in [0.25, 0.3) is 0 Å². The van der Waals surface area contributed by atoms with Gasteiger partial charge in [-0.3, -0.25) is 9.59 Å². The molecular formula is C18H13NO3. The quantitative estimate of drug-likeness (QED) is 0.658. The van der Waals surface area contributed by atoms with Crippen LogP contribution in [0.1, 0.15) is 11.1 Å². The number of nitrogens with two attached hydrogens (primary N) is 1. The molecule has 22 heavy (non-hydrogen) atoms. The number of aliphatic hydroxyl groups is 1. The third-order valence-electron chi connectivity index (χ3n) is 3.55. The van der Waals surface area contributed by atoms with Crippen LogP contribution in [-0.2, 0) is 9.59 Å². The van der Waals surface area contributed by atoms with Crippen molar-refractivity contribution in [2.75, 3.05) is 0 Å². The van der Waals surface area contributed by atoms with E-state index in [1.165, 1.54) is 0 Å². The van der Waals surface area contributed by atoms with Crippen LogP contribution in [0.5, 0.6) is 0 Å². The Hall–Kier alpha value is -3.14. The number of benzene rings is 2. The molecule has 0 bridgehead atoms. The Balaban J connectivity index is 2.23. The van der Waals surface area contributed by atoms with Crippen LogP contribution in [0.15, 0.2) is 72.1 Å². The largest absolute Gasteiger partial charge is 0.505 e. The first-order chi connectivity index (χ1) is 10.6. The fourth-order valence-electron chi connectivity index (χ4n) is 2.47. The zero-order chi connectivity index (χ0) is 15.7. The van der Waals surface area contributed by atoms with Crippen molar-refractivity contribution >= 4 is 22.7 Å². The van der Waals surface area contributed by atoms with Gasteiger partial charge in [-0.15, -0.1) is 0 Å². The zero-order valence-electron chi connectivity index (χ0n) is 11.6.